The smallest absolute Gasteiger partial charge is 0.475 e. The molecule has 1 amide bonds. The molecule has 1 aromatic carbocycles. The second-order valence-corrected chi connectivity index (χ2v) is 9.86. The van der Waals surface area contributed by atoms with Gasteiger partial charge in [-0.1, -0.05) is 17.7 Å². The van der Waals surface area contributed by atoms with Crippen molar-refractivity contribution in [2.45, 2.75) is 33.4 Å². The fourth-order valence-electron chi connectivity index (χ4n) is 4.74. The molecule has 2 aromatic rings. The Hall–Kier alpha value is -2.92. The average molecular weight is 542 g/mol. The number of rotatable bonds is 6. The van der Waals surface area contributed by atoms with Gasteiger partial charge in [-0.2, -0.15) is 13.2 Å². The molecule has 0 spiro atoms. The quantitative estimate of drug-likeness (QED) is 0.529. The summed E-state index contributed by atoms with van der Waals surface area (Å²) >= 11 is 6.19. The highest BCUT2D eigenvalue weighted by atomic mass is 35.5. The minimum atomic E-state index is -5.08. The van der Waals surface area contributed by atoms with E-state index in [1.807, 2.05) is 37.8 Å². The second-order valence-electron chi connectivity index (χ2n) is 9.46. The number of carbonyl (C=O) groups is 2. The molecular weight excluding hydrogens is 511 g/mol. The molecule has 2 unspecified atom stereocenters. The van der Waals surface area contributed by atoms with E-state index in [9.17, 15) is 18.0 Å². The van der Waals surface area contributed by atoms with E-state index in [1.54, 1.807) is 0 Å². The molecule has 4 rings (SSSR count). The van der Waals surface area contributed by atoms with Gasteiger partial charge >= 0.3 is 12.1 Å². The summed E-state index contributed by atoms with van der Waals surface area (Å²) in [6.45, 7) is 11.6. The molecule has 202 valence electrons. The first kappa shape index (κ1) is 28.6. The lowest BCUT2D eigenvalue weighted by Crippen LogP contribution is -2.34. The highest BCUT2D eigenvalue weighted by molar-refractivity contribution is 6.31. The first-order chi connectivity index (χ1) is 17.4. The minimum Gasteiger partial charge on any atom is -0.475 e. The number of amides is 1. The van der Waals surface area contributed by atoms with Crippen molar-refractivity contribution in [1.82, 2.24) is 19.8 Å². The van der Waals surface area contributed by atoms with Gasteiger partial charge in [-0.25, -0.2) is 14.8 Å². The third-order valence-corrected chi connectivity index (χ3v) is 7.09. The van der Waals surface area contributed by atoms with E-state index in [2.05, 4.69) is 26.3 Å². The highest BCUT2D eigenvalue weighted by Crippen LogP contribution is 2.32. The highest BCUT2D eigenvalue weighted by Gasteiger charge is 2.42. The van der Waals surface area contributed by atoms with Crippen LogP contribution in [-0.2, 0) is 4.79 Å². The van der Waals surface area contributed by atoms with E-state index in [-0.39, 0.29) is 5.91 Å². The van der Waals surface area contributed by atoms with Crippen LogP contribution in [0.3, 0.4) is 0 Å². The summed E-state index contributed by atoms with van der Waals surface area (Å²) in [4.78, 5) is 34.9. The third-order valence-electron chi connectivity index (χ3n) is 6.68. The number of carbonyl (C=O) groups excluding carboxylic acids is 1. The van der Waals surface area contributed by atoms with Crippen molar-refractivity contribution in [3.8, 4) is 0 Å². The number of nitrogens with one attached hydrogen (secondary N) is 1. The Balaban J connectivity index is 0.000000479. The maximum absolute atomic E-state index is 13.0. The summed E-state index contributed by atoms with van der Waals surface area (Å²) in [6.07, 6.45) is -2.46. The Morgan fingerprint density at radius 3 is 2.16 bits per heavy atom. The van der Waals surface area contributed by atoms with Crippen LogP contribution >= 0.6 is 11.6 Å². The number of anilines is 1. The van der Waals surface area contributed by atoms with E-state index >= 15 is 0 Å². The molecule has 2 saturated heterocycles. The monoisotopic (exact) mass is 541 g/mol. The maximum atomic E-state index is 13.0. The Labute approximate surface area is 218 Å². The van der Waals surface area contributed by atoms with Crippen molar-refractivity contribution < 1.29 is 27.9 Å². The maximum Gasteiger partial charge on any atom is 0.490 e. The molecule has 0 saturated carbocycles. The lowest BCUT2D eigenvalue weighted by atomic mass is 10.0. The number of carboxylic acid groups (broad SMARTS) is 1. The zero-order valence-corrected chi connectivity index (χ0v) is 21.7. The summed E-state index contributed by atoms with van der Waals surface area (Å²) < 4.78 is 31.7. The zero-order valence-electron chi connectivity index (χ0n) is 21.0. The van der Waals surface area contributed by atoms with Gasteiger partial charge < -0.3 is 20.2 Å². The van der Waals surface area contributed by atoms with Gasteiger partial charge in [-0.05, 0) is 63.3 Å². The van der Waals surface area contributed by atoms with E-state index < -0.39 is 12.1 Å². The first-order valence-electron chi connectivity index (χ1n) is 12.0. The molecule has 2 fully saturated rings. The molecule has 37 heavy (non-hydrogen) atoms. The molecule has 2 aliphatic rings. The number of halogens is 4. The standard InChI is InChI=1S/C23H30ClN5O.C2HF3O2/c1-15-5-6-20(9-21(15)24)25-7-4-8-28-10-18-12-29(13-19(18)11-28)23(30)22-16(2)26-14-27-17(22)3;3-2(4,5)1(6)7/h5-6,9,14,18-19,25H,4,7-8,10-13H2,1-3H3;(H,6,7). The number of alkyl halides is 3. The molecule has 0 aliphatic carbocycles. The molecule has 0 radical (unpaired) electrons. The Morgan fingerprint density at radius 2 is 1.65 bits per heavy atom. The van der Waals surface area contributed by atoms with Gasteiger partial charge in [0.15, 0.2) is 0 Å². The van der Waals surface area contributed by atoms with Crippen molar-refractivity contribution in [2.75, 3.05) is 44.6 Å². The van der Waals surface area contributed by atoms with E-state index in [0.29, 0.717) is 17.4 Å². The molecule has 8 nitrogen and oxygen atoms in total. The van der Waals surface area contributed by atoms with Gasteiger partial charge in [0.25, 0.3) is 5.91 Å². The molecule has 0 bridgehead atoms. The van der Waals surface area contributed by atoms with Crippen molar-refractivity contribution in [3.63, 3.8) is 0 Å². The van der Waals surface area contributed by atoms with Crippen LogP contribution in [0.2, 0.25) is 5.02 Å². The molecular formula is C25H31ClF3N5O3. The van der Waals surface area contributed by atoms with E-state index in [1.165, 1.54) is 6.33 Å². The SMILES string of the molecule is Cc1ccc(NCCCN2CC3CN(C(=O)c4c(C)ncnc4C)CC3C2)cc1Cl.O=C(O)C(F)(F)F. The molecule has 2 atom stereocenters. The largest absolute Gasteiger partial charge is 0.490 e. The molecule has 2 N–H and O–H groups in total. The van der Waals surface area contributed by atoms with Crippen LogP contribution in [0.4, 0.5) is 18.9 Å². The molecule has 3 heterocycles. The van der Waals surface area contributed by atoms with Gasteiger partial charge in [-0.3, -0.25) is 4.79 Å². The van der Waals surface area contributed by atoms with Crippen LogP contribution < -0.4 is 5.32 Å². The number of aryl methyl sites for hydroxylation is 3. The third kappa shape index (κ3) is 7.54. The number of hydrogen-bond acceptors (Lipinski definition) is 6. The van der Waals surface area contributed by atoms with Gasteiger partial charge in [-0.15, -0.1) is 0 Å². The number of likely N-dealkylation sites (tertiary alicyclic amines) is 2. The van der Waals surface area contributed by atoms with E-state index in [4.69, 9.17) is 21.5 Å². The van der Waals surface area contributed by atoms with Crippen LogP contribution in [0.15, 0.2) is 24.5 Å². The Bertz CT molecular complexity index is 1100. The van der Waals surface area contributed by atoms with Crippen LogP contribution in [0.1, 0.15) is 33.7 Å². The predicted octanol–water partition coefficient (Wildman–Crippen LogP) is 4.19. The summed E-state index contributed by atoms with van der Waals surface area (Å²) in [5.41, 5.74) is 4.40. The van der Waals surface area contributed by atoms with Crippen molar-refractivity contribution >= 4 is 29.2 Å². The molecule has 12 heteroatoms. The normalized spacial score (nSPS) is 19.3. The summed E-state index contributed by atoms with van der Waals surface area (Å²) in [5, 5.41) is 11.4. The van der Waals surface area contributed by atoms with Crippen LogP contribution in [0, 0.1) is 32.6 Å². The summed E-state index contributed by atoms with van der Waals surface area (Å²) in [5.74, 6) is -1.52. The zero-order chi connectivity index (χ0) is 27.3. The fourth-order valence-corrected chi connectivity index (χ4v) is 4.92. The summed E-state index contributed by atoms with van der Waals surface area (Å²) in [7, 11) is 0. The first-order valence-corrected chi connectivity index (χ1v) is 12.3. The van der Waals surface area contributed by atoms with Crippen molar-refractivity contribution in [3.05, 3.63) is 52.1 Å². The van der Waals surface area contributed by atoms with Crippen molar-refractivity contribution in [1.29, 1.82) is 0 Å². The number of nitrogens with zero attached hydrogens (tertiary/aromatic N) is 4. The van der Waals surface area contributed by atoms with Crippen LogP contribution in [0.25, 0.3) is 0 Å². The summed E-state index contributed by atoms with van der Waals surface area (Å²) in [6, 6.07) is 6.11. The topological polar surface area (TPSA) is 98.7 Å². The Kier molecular flexibility index (Phi) is 9.36. The fraction of sp³-hybridized carbons (Fsp3) is 0.520. The van der Waals surface area contributed by atoms with Crippen molar-refractivity contribution in [2.24, 2.45) is 11.8 Å². The van der Waals surface area contributed by atoms with Gasteiger partial charge in [0.05, 0.1) is 17.0 Å². The number of aromatic nitrogens is 2. The lowest BCUT2D eigenvalue weighted by Gasteiger charge is -2.22. The Morgan fingerprint density at radius 1 is 1.08 bits per heavy atom. The number of benzene rings is 1. The second kappa shape index (κ2) is 12.1. The average Bonchev–Trinajstić information content (AvgIpc) is 3.37. The predicted molar refractivity (Wildman–Crippen MR) is 134 cm³/mol. The number of fused-ring (bicyclic) bond motifs is 1. The molecule has 1 aromatic heterocycles. The molecule has 2 aliphatic heterocycles. The number of carboxylic acids is 1. The number of aliphatic carboxylic acids is 1. The van der Waals surface area contributed by atoms with Crippen LogP contribution in [-0.4, -0.2) is 82.2 Å². The number of hydrogen-bond donors (Lipinski definition) is 2. The van der Waals surface area contributed by atoms with Gasteiger partial charge in [0, 0.05) is 43.4 Å². The van der Waals surface area contributed by atoms with Crippen LogP contribution in [0.5, 0.6) is 0 Å². The van der Waals surface area contributed by atoms with Gasteiger partial charge in [0.2, 0.25) is 0 Å². The minimum absolute atomic E-state index is 0.0903. The lowest BCUT2D eigenvalue weighted by molar-refractivity contribution is -0.192. The van der Waals surface area contributed by atoms with Gasteiger partial charge in [0.1, 0.15) is 6.33 Å². The van der Waals surface area contributed by atoms with E-state index in [0.717, 1.165) is 73.4 Å².